The lowest BCUT2D eigenvalue weighted by atomic mass is 10.1. The van der Waals surface area contributed by atoms with E-state index < -0.39 is 16.4 Å². The van der Waals surface area contributed by atoms with Gasteiger partial charge in [0, 0.05) is 0 Å². The molecule has 0 unspecified atom stereocenters. The summed E-state index contributed by atoms with van der Waals surface area (Å²) in [6, 6.07) is 7.58. The van der Waals surface area contributed by atoms with Crippen molar-refractivity contribution in [3.8, 4) is 11.5 Å². The van der Waals surface area contributed by atoms with Gasteiger partial charge in [-0.25, -0.2) is 0 Å². The normalized spacial score (nSPS) is 10.4. The number of nitro benzene ring substituents is 1. The van der Waals surface area contributed by atoms with Crippen molar-refractivity contribution >= 4 is 5.69 Å². The number of ether oxygens (including phenoxy) is 1. The molecule has 0 aliphatic carbocycles. The van der Waals surface area contributed by atoms with Crippen molar-refractivity contribution in [2.24, 2.45) is 0 Å². The molecule has 0 amide bonds. The van der Waals surface area contributed by atoms with Crippen molar-refractivity contribution < 1.29 is 14.1 Å². The Bertz CT molecular complexity index is 683. The van der Waals surface area contributed by atoms with Crippen LogP contribution in [0.2, 0.25) is 0 Å². The Hall–Kier alpha value is -2.43. The highest BCUT2D eigenvalue weighted by Crippen LogP contribution is 2.35. The second-order valence-electron chi connectivity index (χ2n) is 4.65. The summed E-state index contributed by atoms with van der Waals surface area (Å²) in [6.07, 6.45) is 0. The Labute approximate surface area is 116 Å². The second kappa shape index (κ2) is 5.28. The van der Waals surface area contributed by atoms with Crippen LogP contribution in [0, 0.1) is 36.7 Å². The van der Waals surface area contributed by atoms with Gasteiger partial charge in [0.1, 0.15) is 5.75 Å². The van der Waals surface area contributed by atoms with Crippen molar-refractivity contribution in [1.82, 2.24) is 0 Å². The van der Waals surface area contributed by atoms with Gasteiger partial charge in [0.2, 0.25) is 11.6 Å². The lowest BCUT2D eigenvalue weighted by molar-refractivity contribution is -0.388. The van der Waals surface area contributed by atoms with E-state index in [1.54, 1.807) is 6.07 Å². The molecule has 0 N–H and O–H groups in total. The number of hydrogen-bond donors (Lipinski definition) is 0. The summed E-state index contributed by atoms with van der Waals surface area (Å²) in [5.41, 5.74) is 2.21. The highest BCUT2D eigenvalue weighted by atomic mass is 19.1. The number of aryl methyl sites for hydroxylation is 2. The van der Waals surface area contributed by atoms with E-state index in [2.05, 4.69) is 0 Å². The van der Waals surface area contributed by atoms with Crippen LogP contribution in [0.5, 0.6) is 11.5 Å². The molecule has 0 fully saturated rings. The third kappa shape index (κ3) is 2.61. The third-order valence-electron chi connectivity index (χ3n) is 3.12. The van der Waals surface area contributed by atoms with E-state index in [9.17, 15) is 14.5 Å². The van der Waals surface area contributed by atoms with Gasteiger partial charge in [-0.2, -0.15) is 4.39 Å². The maximum atomic E-state index is 13.5. The van der Waals surface area contributed by atoms with Crippen LogP contribution in [0.25, 0.3) is 0 Å². The standard InChI is InChI=1S/C15H14FNO3/c1-9-7-10(2)11(3)14(8-9)20-13-6-4-5-12(16)15(13)17(18)19/h4-8H,1-3H3. The van der Waals surface area contributed by atoms with Crippen LogP contribution in [0.3, 0.4) is 0 Å². The van der Waals surface area contributed by atoms with Crippen LogP contribution >= 0.6 is 0 Å². The molecule has 0 aliphatic rings. The van der Waals surface area contributed by atoms with Gasteiger partial charge in [0.25, 0.3) is 0 Å². The number of halogens is 1. The first-order chi connectivity index (χ1) is 9.40. The Balaban J connectivity index is 2.51. The van der Waals surface area contributed by atoms with E-state index in [1.165, 1.54) is 12.1 Å². The Kier molecular flexibility index (Phi) is 3.70. The summed E-state index contributed by atoms with van der Waals surface area (Å²) in [6.45, 7) is 5.68. The predicted molar refractivity (Wildman–Crippen MR) is 73.8 cm³/mol. The molecule has 0 aromatic heterocycles. The van der Waals surface area contributed by atoms with Crippen molar-refractivity contribution in [2.45, 2.75) is 20.8 Å². The fourth-order valence-electron chi connectivity index (χ4n) is 1.98. The monoisotopic (exact) mass is 275 g/mol. The highest BCUT2D eigenvalue weighted by molar-refractivity contribution is 5.51. The minimum Gasteiger partial charge on any atom is -0.450 e. The zero-order valence-electron chi connectivity index (χ0n) is 11.4. The number of para-hydroxylation sites is 1. The number of nitrogens with zero attached hydrogens (tertiary/aromatic N) is 1. The topological polar surface area (TPSA) is 52.4 Å². The Morgan fingerprint density at radius 3 is 2.50 bits per heavy atom. The predicted octanol–water partition coefficient (Wildman–Crippen LogP) is 4.45. The van der Waals surface area contributed by atoms with Crippen LogP contribution in [0.4, 0.5) is 10.1 Å². The summed E-state index contributed by atoms with van der Waals surface area (Å²) in [4.78, 5) is 10.2. The maximum absolute atomic E-state index is 13.5. The van der Waals surface area contributed by atoms with Crippen LogP contribution in [-0.2, 0) is 0 Å². The molecule has 0 radical (unpaired) electrons. The molecule has 2 rings (SSSR count). The summed E-state index contributed by atoms with van der Waals surface area (Å²) < 4.78 is 19.1. The summed E-state index contributed by atoms with van der Waals surface area (Å²) >= 11 is 0. The molecule has 0 saturated heterocycles. The Morgan fingerprint density at radius 2 is 1.85 bits per heavy atom. The molecule has 5 heteroatoms. The van der Waals surface area contributed by atoms with Gasteiger partial charge in [-0.15, -0.1) is 0 Å². The smallest absolute Gasteiger partial charge is 0.346 e. The highest BCUT2D eigenvalue weighted by Gasteiger charge is 2.22. The first-order valence-corrected chi connectivity index (χ1v) is 6.08. The van der Waals surface area contributed by atoms with Crippen molar-refractivity contribution in [1.29, 1.82) is 0 Å². The van der Waals surface area contributed by atoms with Gasteiger partial charge >= 0.3 is 5.69 Å². The lowest BCUT2D eigenvalue weighted by Gasteiger charge is -2.12. The third-order valence-corrected chi connectivity index (χ3v) is 3.12. The molecule has 2 aromatic rings. The molecule has 4 nitrogen and oxygen atoms in total. The Morgan fingerprint density at radius 1 is 1.15 bits per heavy atom. The van der Waals surface area contributed by atoms with Gasteiger partial charge in [-0.05, 0) is 55.7 Å². The van der Waals surface area contributed by atoms with Crippen LogP contribution in [0.1, 0.15) is 16.7 Å². The molecule has 0 bridgehead atoms. The average Bonchev–Trinajstić information content (AvgIpc) is 2.35. The summed E-state index contributed by atoms with van der Waals surface area (Å²) in [7, 11) is 0. The van der Waals surface area contributed by atoms with Gasteiger partial charge in [-0.1, -0.05) is 12.1 Å². The van der Waals surface area contributed by atoms with E-state index >= 15 is 0 Å². The molecular formula is C15H14FNO3. The van der Waals surface area contributed by atoms with Gasteiger partial charge in [0.15, 0.2) is 0 Å². The van der Waals surface area contributed by atoms with Crippen LogP contribution in [0.15, 0.2) is 30.3 Å². The number of nitro groups is 1. The van der Waals surface area contributed by atoms with Crippen molar-refractivity contribution in [3.63, 3.8) is 0 Å². The fraction of sp³-hybridized carbons (Fsp3) is 0.200. The first-order valence-electron chi connectivity index (χ1n) is 6.08. The largest absolute Gasteiger partial charge is 0.450 e. The molecule has 0 spiro atoms. The molecule has 0 aliphatic heterocycles. The number of hydrogen-bond acceptors (Lipinski definition) is 3. The van der Waals surface area contributed by atoms with Gasteiger partial charge in [0.05, 0.1) is 4.92 Å². The lowest BCUT2D eigenvalue weighted by Crippen LogP contribution is -1.98. The molecule has 0 atom stereocenters. The fourth-order valence-corrected chi connectivity index (χ4v) is 1.98. The first kappa shape index (κ1) is 14.0. The maximum Gasteiger partial charge on any atom is 0.346 e. The molecule has 0 saturated carbocycles. The van der Waals surface area contributed by atoms with Crippen molar-refractivity contribution in [2.75, 3.05) is 0 Å². The number of benzene rings is 2. The zero-order valence-corrected chi connectivity index (χ0v) is 11.4. The van der Waals surface area contributed by atoms with Gasteiger partial charge < -0.3 is 4.74 Å². The van der Waals surface area contributed by atoms with Crippen LogP contribution in [-0.4, -0.2) is 4.92 Å². The summed E-state index contributed by atoms with van der Waals surface area (Å²) in [5.74, 6) is -0.506. The van der Waals surface area contributed by atoms with Crippen LogP contribution < -0.4 is 4.74 Å². The minimum atomic E-state index is -0.908. The molecule has 2 aromatic carbocycles. The van der Waals surface area contributed by atoms with E-state index in [0.29, 0.717) is 5.75 Å². The molecule has 104 valence electrons. The quantitative estimate of drug-likeness (QED) is 0.614. The average molecular weight is 275 g/mol. The molecular weight excluding hydrogens is 261 g/mol. The molecule has 20 heavy (non-hydrogen) atoms. The van der Waals surface area contributed by atoms with E-state index in [-0.39, 0.29) is 5.75 Å². The van der Waals surface area contributed by atoms with E-state index in [4.69, 9.17) is 4.74 Å². The second-order valence-corrected chi connectivity index (χ2v) is 4.65. The number of rotatable bonds is 3. The summed E-state index contributed by atoms with van der Waals surface area (Å²) in [5, 5.41) is 10.9. The zero-order chi connectivity index (χ0) is 14.9. The van der Waals surface area contributed by atoms with E-state index in [0.717, 1.165) is 22.8 Å². The van der Waals surface area contributed by atoms with Crippen molar-refractivity contribution in [3.05, 3.63) is 63.0 Å². The van der Waals surface area contributed by atoms with Gasteiger partial charge in [-0.3, -0.25) is 10.1 Å². The minimum absolute atomic E-state index is 0.0944. The van der Waals surface area contributed by atoms with E-state index in [1.807, 2.05) is 26.8 Å². The SMILES string of the molecule is Cc1cc(C)c(C)c(Oc2cccc(F)c2[N+](=O)[O-])c1. The molecule has 0 heterocycles.